The van der Waals surface area contributed by atoms with E-state index in [-0.39, 0.29) is 5.82 Å². The van der Waals surface area contributed by atoms with Crippen molar-refractivity contribution in [3.8, 4) is 0 Å². The van der Waals surface area contributed by atoms with E-state index in [4.69, 9.17) is 0 Å². The Labute approximate surface area is 66.1 Å². The molecule has 0 N–H and O–H groups in total. The molecule has 1 fully saturated rings. The molecule has 1 heteroatoms. The van der Waals surface area contributed by atoms with Crippen LogP contribution >= 0.6 is 0 Å². The average Bonchev–Trinajstić information content (AvgIpc) is 2.69. The van der Waals surface area contributed by atoms with Crippen molar-refractivity contribution >= 4 is 0 Å². The van der Waals surface area contributed by atoms with E-state index in [1.807, 2.05) is 12.1 Å². The lowest BCUT2D eigenvalue weighted by Gasteiger charge is -1.96. The molecule has 0 amide bonds. The predicted octanol–water partition coefficient (Wildman–Crippen LogP) is 2.95. The van der Waals surface area contributed by atoms with Crippen LogP contribution in [0.15, 0.2) is 24.3 Å². The Morgan fingerprint density at radius 2 is 1.82 bits per heavy atom. The third-order valence-corrected chi connectivity index (χ3v) is 2.41. The van der Waals surface area contributed by atoms with Crippen LogP contribution in [0, 0.1) is 11.7 Å². The van der Waals surface area contributed by atoms with Crippen molar-refractivity contribution in [2.45, 2.75) is 19.3 Å². The number of hydrogen-bond acceptors (Lipinski definition) is 0. The smallest absolute Gasteiger partial charge is 0.123 e. The molecule has 0 aromatic heterocycles. The molecule has 0 radical (unpaired) electrons. The van der Waals surface area contributed by atoms with Crippen LogP contribution in [0.3, 0.4) is 0 Å². The third kappa shape index (κ3) is 1.28. The van der Waals surface area contributed by atoms with Gasteiger partial charge in [-0.2, -0.15) is 0 Å². The summed E-state index contributed by atoms with van der Waals surface area (Å²) in [5, 5.41) is 0. The van der Waals surface area contributed by atoms with E-state index < -0.39 is 0 Å². The Balaban J connectivity index is 2.21. The molecule has 0 nitrogen and oxygen atoms in total. The molecule has 0 saturated heterocycles. The number of hydrogen-bond donors (Lipinski definition) is 0. The lowest BCUT2D eigenvalue weighted by molar-refractivity contribution is 0.627. The Hall–Kier alpha value is -0.850. The van der Waals surface area contributed by atoms with Crippen LogP contribution in [0.5, 0.6) is 0 Å². The highest BCUT2D eigenvalue weighted by molar-refractivity contribution is 5.25. The molecule has 0 unspecified atom stereocenters. The Bertz CT molecular complexity index is 250. The molecular weight excluding hydrogens is 139 g/mol. The highest BCUT2D eigenvalue weighted by atomic mass is 19.1. The molecule has 58 valence electrons. The van der Waals surface area contributed by atoms with Crippen LogP contribution in [-0.4, -0.2) is 0 Å². The summed E-state index contributed by atoms with van der Waals surface area (Å²) >= 11 is 0. The Kier molecular flexibility index (Phi) is 1.45. The molecule has 1 aliphatic rings. The quantitative estimate of drug-likeness (QED) is 0.577. The van der Waals surface area contributed by atoms with Gasteiger partial charge in [0.1, 0.15) is 5.82 Å². The highest BCUT2D eigenvalue weighted by Crippen LogP contribution is 2.46. The molecule has 1 aromatic carbocycles. The van der Waals surface area contributed by atoms with Crippen molar-refractivity contribution in [3.05, 3.63) is 35.6 Å². The van der Waals surface area contributed by atoms with E-state index in [1.165, 1.54) is 12.0 Å². The number of benzene rings is 1. The van der Waals surface area contributed by atoms with Gasteiger partial charge in [-0.3, -0.25) is 0 Å². The molecule has 1 aromatic rings. The fraction of sp³-hybridized carbons (Fsp3) is 0.400. The molecule has 1 aliphatic carbocycles. The molecular formula is C10H11F. The third-order valence-electron chi connectivity index (χ3n) is 2.41. The molecule has 2 rings (SSSR count). The van der Waals surface area contributed by atoms with Gasteiger partial charge in [0.05, 0.1) is 0 Å². The van der Waals surface area contributed by atoms with Crippen LogP contribution in [0.1, 0.15) is 24.8 Å². The fourth-order valence-corrected chi connectivity index (χ4v) is 1.50. The van der Waals surface area contributed by atoms with Crippen molar-refractivity contribution in [3.63, 3.8) is 0 Å². The zero-order valence-electron chi connectivity index (χ0n) is 6.55. The number of rotatable bonds is 1. The highest BCUT2D eigenvalue weighted by Gasteiger charge is 2.33. The summed E-state index contributed by atoms with van der Waals surface area (Å²) in [6.07, 6.45) is 1.27. The summed E-state index contributed by atoms with van der Waals surface area (Å²) in [7, 11) is 0. The van der Waals surface area contributed by atoms with Gasteiger partial charge in [0, 0.05) is 0 Å². The normalized spacial score (nSPS) is 28.5. The van der Waals surface area contributed by atoms with Gasteiger partial charge in [-0.1, -0.05) is 19.1 Å². The van der Waals surface area contributed by atoms with E-state index >= 15 is 0 Å². The van der Waals surface area contributed by atoms with Gasteiger partial charge in [-0.15, -0.1) is 0 Å². The molecule has 2 atom stereocenters. The maximum absolute atomic E-state index is 12.5. The first-order valence-electron chi connectivity index (χ1n) is 4.03. The first-order chi connectivity index (χ1) is 5.27. The van der Waals surface area contributed by atoms with E-state index in [2.05, 4.69) is 6.92 Å². The standard InChI is InChI=1S/C10H11F/c1-7-6-10(7)8-2-4-9(11)5-3-8/h2-5,7,10H,6H2,1H3/t7-,10+/m0/s1. The second-order valence-electron chi connectivity index (χ2n) is 3.37. The van der Waals surface area contributed by atoms with Crippen LogP contribution < -0.4 is 0 Å². The number of halogens is 1. The summed E-state index contributed by atoms with van der Waals surface area (Å²) in [5.41, 5.74) is 1.29. The zero-order valence-corrected chi connectivity index (χ0v) is 6.55. The van der Waals surface area contributed by atoms with Gasteiger partial charge in [0.2, 0.25) is 0 Å². The first-order valence-corrected chi connectivity index (χ1v) is 4.03. The monoisotopic (exact) mass is 150 g/mol. The second-order valence-corrected chi connectivity index (χ2v) is 3.37. The molecule has 11 heavy (non-hydrogen) atoms. The van der Waals surface area contributed by atoms with E-state index in [9.17, 15) is 4.39 Å². The van der Waals surface area contributed by atoms with Crippen molar-refractivity contribution < 1.29 is 4.39 Å². The summed E-state index contributed by atoms with van der Waals surface area (Å²) in [6.45, 7) is 2.23. The average molecular weight is 150 g/mol. The lowest BCUT2D eigenvalue weighted by Crippen LogP contribution is -1.80. The van der Waals surface area contributed by atoms with Crippen molar-refractivity contribution in [1.29, 1.82) is 0 Å². The maximum atomic E-state index is 12.5. The molecule has 0 aliphatic heterocycles. The predicted molar refractivity (Wildman–Crippen MR) is 42.9 cm³/mol. The minimum Gasteiger partial charge on any atom is -0.207 e. The lowest BCUT2D eigenvalue weighted by atomic mass is 10.1. The van der Waals surface area contributed by atoms with E-state index in [0.717, 1.165) is 5.92 Å². The van der Waals surface area contributed by atoms with Crippen LogP contribution in [0.2, 0.25) is 0 Å². The van der Waals surface area contributed by atoms with Gasteiger partial charge >= 0.3 is 0 Å². The fourth-order valence-electron chi connectivity index (χ4n) is 1.50. The maximum Gasteiger partial charge on any atom is 0.123 e. The SMILES string of the molecule is C[C@H]1C[C@H]1c1ccc(F)cc1. The summed E-state index contributed by atoms with van der Waals surface area (Å²) in [6, 6.07) is 6.87. The Morgan fingerprint density at radius 3 is 2.27 bits per heavy atom. The molecule has 0 heterocycles. The summed E-state index contributed by atoms with van der Waals surface area (Å²) in [5.74, 6) is 1.37. The van der Waals surface area contributed by atoms with Crippen molar-refractivity contribution in [2.75, 3.05) is 0 Å². The first kappa shape index (κ1) is 6.84. The molecule has 0 bridgehead atoms. The van der Waals surface area contributed by atoms with E-state index in [1.54, 1.807) is 12.1 Å². The van der Waals surface area contributed by atoms with Crippen molar-refractivity contribution in [1.82, 2.24) is 0 Å². The minimum absolute atomic E-state index is 0.137. The van der Waals surface area contributed by atoms with E-state index in [0.29, 0.717) is 5.92 Å². The Morgan fingerprint density at radius 1 is 1.27 bits per heavy atom. The van der Waals surface area contributed by atoms with Crippen LogP contribution in [-0.2, 0) is 0 Å². The minimum atomic E-state index is -0.137. The van der Waals surface area contributed by atoms with Crippen LogP contribution in [0.25, 0.3) is 0 Å². The van der Waals surface area contributed by atoms with Crippen LogP contribution in [0.4, 0.5) is 4.39 Å². The van der Waals surface area contributed by atoms with Gasteiger partial charge in [-0.25, -0.2) is 4.39 Å². The largest absolute Gasteiger partial charge is 0.207 e. The summed E-state index contributed by atoms with van der Waals surface area (Å²) < 4.78 is 12.5. The van der Waals surface area contributed by atoms with Gasteiger partial charge in [0.15, 0.2) is 0 Å². The molecule has 1 saturated carbocycles. The van der Waals surface area contributed by atoms with Gasteiger partial charge in [0.25, 0.3) is 0 Å². The van der Waals surface area contributed by atoms with Gasteiger partial charge in [-0.05, 0) is 36.0 Å². The van der Waals surface area contributed by atoms with Crippen molar-refractivity contribution in [2.24, 2.45) is 5.92 Å². The summed E-state index contributed by atoms with van der Waals surface area (Å²) in [4.78, 5) is 0. The van der Waals surface area contributed by atoms with Gasteiger partial charge < -0.3 is 0 Å². The topological polar surface area (TPSA) is 0 Å². The molecule has 0 spiro atoms. The zero-order chi connectivity index (χ0) is 7.84. The second kappa shape index (κ2) is 2.33.